The van der Waals surface area contributed by atoms with E-state index in [0.29, 0.717) is 18.1 Å². The van der Waals surface area contributed by atoms with Gasteiger partial charge >= 0.3 is 0 Å². The third kappa shape index (κ3) is 4.10. The summed E-state index contributed by atoms with van der Waals surface area (Å²) in [5.41, 5.74) is 5.57. The van der Waals surface area contributed by atoms with Crippen LogP contribution in [0.3, 0.4) is 0 Å². The summed E-state index contributed by atoms with van der Waals surface area (Å²) in [6.45, 7) is 0.506. The molecule has 3 aromatic carbocycles. The number of fused-ring (bicyclic) bond motifs is 1. The van der Waals surface area contributed by atoms with E-state index in [1.165, 1.54) is 0 Å². The molecule has 0 atom stereocenters. The highest BCUT2D eigenvalue weighted by molar-refractivity contribution is 6.35. The number of rotatable bonds is 6. The molecule has 0 saturated heterocycles. The predicted molar refractivity (Wildman–Crippen MR) is 115 cm³/mol. The molecule has 4 rings (SSSR count). The van der Waals surface area contributed by atoms with Crippen molar-refractivity contribution in [2.75, 3.05) is 11.2 Å². The molecule has 0 spiro atoms. The normalized spacial score (nSPS) is 14.0. The van der Waals surface area contributed by atoms with Crippen molar-refractivity contribution in [3.05, 3.63) is 95.1 Å². The summed E-state index contributed by atoms with van der Waals surface area (Å²) >= 11 is 5.86. The molecule has 1 aliphatic heterocycles. The molecule has 0 radical (unpaired) electrons. The average Bonchev–Trinajstić information content (AvgIpc) is 3.03. The van der Waals surface area contributed by atoms with Crippen molar-refractivity contribution in [2.45, 2.75) is 13.0 Å². The standard InChI is InChI=1S/C24H20ClNO2/c25-12-11-17-9-10-23-21(14-17)22(24(27)26-23)15-19-7-4-8-20(13-19)28-16-18-5-2-1-3-6-18/h1-10,13-15H,11-12,16H2,(H,26,27). The van der Waals surface area contributed by atoms with Gasteiger partial charge < -0.3 is 10.1 Å². The maximum Gasteiger partial charge on any atom is 0.256 e. The van der Waals surface area contributed by atoms with E-state index < -0.39 is 0 Å². The summed E-state index contributed by atoms with van der Waals surface area (Å²) in [6.07, 6.45) is 2.68. The van der Waals surface area contributed by atoms with E-state index in [-0.39, 0.29) is 5.91 Å². The predicted octanol–water partition coefficient (Wildman–Crippen LogP) is 5.54. The second kappa shape index (κ2) is 8.32. The van der Waals surface area contributed by atoms with Gasteiger partial charge in [-0.25, -0.2) is 0 Å². The summed E-state index contributed by atoms with van der Waals surface area (Å²) in [5, 5.41) is 2.93. The molecule has 0 unspecified atom stereocenters. The monoisotopic (exact) mass is 389 g/mol. The van der Waals surface area contributed by atoms with Crippen molar-refractivity contribution in [3.8, 4) is 5.75 Å². The van der Waals surface area contributed by atoms with Gasteiger partial charge in [0.05, 0.1) is 0 Å². The summed E-state index contributed by atoms with van der Waals surface area (Å²) in [6, 6.07) is 23.8. The van der Waals surface area contributed by atoms with Crippen molar-refractivity contribution >= 4 is 34.8 Å². The molecule has 3 aromatic rings. The lowest BCUT2D eigenvalue weighted by molar-refractivity contribution is -0.110. The third-order valence-electron chi connectivity index (χ3n) is 4.67. The highest BCUT2D eigenvalue weighted by atomic mass is 35.5. The van der Waals surface area contributed by atoms with E-state index in [1.807, 2.05) is 78.9 Å². The number of alkyl halides is 1. The zero-order valence-electron chi connectivity index (χ0n) is 15.3. The first-order chi connectivity index (χ1) is 13.7. The van der Waals surface area contributed by atoms with Crippen LogP contribution >= 0.6 is 11.6 Å². The van der Waals surface area contributed by atoms with Crippen LogP contribution < -0.4 is 10.1 Å². The topological polar surface area (TPSA) is 38.3 Å². The Morgan fingerprint density at radius 2 is 1.79 bits per heavy atom. The Labute approximate surface area is 169 Å². The summed E-state index contributed by atoms with van der Waals surface area (Å²) in [4.78, 5) is 12.5. The van der Waals surface area contributed by atoms with Crippen LogP contribution in [0.25, 0.3) is 11.6 Å². The number of amides is 1. The van der Waals surface area contributed by atoms with Crippen molar-refractivity contribution < 1.29 is 9.53 Å². The fourth-order valence-corrected chi connectivity index (χ4v) is 3.46. The Morgan fingerprint density at radius 1 is 0.929 bits per heavy atom. The van der Waals surface area contributed by atoms with Crippen molar-refractivity contribution in [3.63, 3.8) is 0 Å². The molecule has 0 saturated carbocycles. The molecule has 0 fully saturated rings. The number of carbonyl (C=O) groups is 1. The minimum atomic E-state index is -0.0892. The Balaban J connectivity index is 1.58. The van der Waals surface area contributed by atoms with Crippen LogP contribution in [0.1, 0.15) is 22.3 Å². The largest absolute Gasteiger partial charge is 0.489 e. The fraction of sp³-hybridized carbons (Fsp3) is 0.125. The van der Waals surface area contributed by atoms with E-state index in [4.69, 9.17) is 16.3 Å². The number of halogens is 1. The van der Waals surface area contributed by atoms with Gasteiger partial charge in [0.1, 0.15) is 12.4 Å². The molecule has 1 aliphatic rings. The molecule has 0 aromatic heterocycles. The molecule has 0 aliphatic carbocycles. The highest BCUT2D eigenvalue weighted by Gasteiger charge is 2.24. The third-order valence-corrected chi connectivity index (χ3v) is 4.86. The van der Waals surface area contributed by atoms with Crippen LogP contribution in [0.2, 0.25) is 0 Å². The number of nitrogens with one attached hydrogen (secondary N) is 1. The van der Waals surface area contributed by atoms with Gasteiger partial charge in [0.25, 0.3) is 5.91 Å². The highest BCUT2D eigenvalue weighted by Crippen LogP contribution is 2.34. The van der Waals surface area contributed by atoms with Gasteiger partial charge in [-0.05, 0) is 53.5 Å². The van der Waals surface area contributed by atoms with E-state index in [1.54, 1.807) is 0 Å². The molecule has 3 nitrogen and oxygen atoms in total. The van der Waals surface area contributed by atoms with Gasteiger partial charge in [-0.1, -0.05) is 48.5 Å². The molecule has 140 valence electrons. The van der Waals surface area contributed by atoms with Crippen LogP contribution in [-0.4, -0.2) is 11.8 Å². The SMILES string of the molecule is O=C1Nc2ccc(CCCl)cc2C1=Cc1cccc(OCc2ccccc2)c1. The number of carbonyl (C=O) groups excluding carboxylic acids is 1. The lowest BCUT2D eigenvalue weighted by Crippen LogP contribution is -2.03. The fourth-order valence-electron chi connectivity index (χ4n) is 3.24. The first-order valence-electron chi connectivity index (χ1n) is 9.22. The van der Waals surface area contributed by atoms with Gasteiger partial charge in [-0.3, -0.25) is 4.79 Å². The van der Waals surface area contributed by atoms with E-state index in [9.17, 15) is 4.79 Å². The number of aryl methyl sites for hydroxylation is 1. The Bertz CT molecular complexity index is 1030. The zero-order chi connectivity index (χ0) is 19.3. The maximum absolute atomic E-state index is 12.5. The van der Waals surface area contributed by atoms with Gasteiger partial charge in [0.2, 0.25) is 0 Å². The molecule has 1 N–H and O–H groups in total. The Hall–Kier alpha value is -3.04. The van der Waals surface area contributed by atoms with Crippen molar-refractivity contribution in [1.29, 1.82) is 0 Å². The van der Waals surface area contributed by atoms with Gasteiger partial charge in [-0.15, -0.1) is 11.6 Å². The summed E-state index contributed by atoms with van der Waals surface area (Å²) in [7, 11) is 0. The van der Waals surface area contributed by atoms with E-state index >= 15 is 0 Å². The number of benzene rings is 3. The quantitative estimate of drug-likeness (QED) is 0.444. The van der Waals surface area contributed by atoms with Crippen LogP contribution in [0, 0.1) is 0 Å². The Kier molecular flexibility index (Phi) is 5.45. The summed E-state index contributed by atoms with van der Waals surface area (Å²) < 4.78 is 5.90. The zero-order valence-corrected chi connectivity index (χ0v) is 16.1. The van der Waals surface area contributed by atoms with Gasteiger partial charge in [0.15, 0.2) is 0 Å². The smallest absolute Gasteiger partial charge is 0.256 e. The number of ether oxygens (including phenoxy) is 1. The van der Waals surface area contributed by atoms with Gasteiger partial charge in [-0.2, -0.15) is 0 Å². The first-order valence-corrected chi connectivity index (χ1v) is 9.75. The first kappa shape index (κ1) is 18.3. The van der Waals surface area contributed by atoms with Gasteiger partial charge in [0, 0.05) is 22.7 Å². The van der Waals surface area contributed by atoms with Crippen LogP contribution in [0.15, 0.2) is 72.8 Å². The second-order valence-electron chi connectivity index (χ2n) is 6.68. The molecule has 1 heterocycles. The van der Waals surface area contributed by atoms with Crippen molar-refractivity contribution in [1.82, 2.24) is 0 Å². The molecule has 1 amide bonds. The van der Waals surface area contributed by atoms with Crippen LogP contribution in [0.5, 0.6) is 5.75 Å². The minimum Gasteiger partial charge on any atom is -0.489 e. The molecule has 0 bridgehead atoms. The second-order valence-corrected chi connectivity index (χ2v) is 7.06. The van der Waals surface area contributed by atoms with E-state index in [0.717, 1.165) is 40.1 Å². The molecule has 4 heteroatoms. The number of anilines is 1. The lowest BCUT2D eigenvalue weighted by Gasteiger charge is -2.07. The number of hydrogen-bond acceptors (Lipinski definition) is 2. The maximum atomic E-state index is 12.5. The van der Waals surface area contributed by atoms with E-state index in [2.05, 4.69) is 5.32 Å². The minimum absolute atomic E-state index is 0.0892. The Morgan fingerprint density at radius 3 is 2.61 bits per heavy atom. The van der Waals surface area contributed by atoms with Crippen molar-refractivity contribution in [2.24, 2.45) is 0 Å². The molecule has 28 heavy (non-hydrogen) atoms. The number of hydrogen-bond donors (Lipinski definition) is 1. The summed E-state index contributed by atoms with van der Waals surface area (Å²) in [5.74, 6) is 1.24. The average molecular weight is 390 g/mol. The molecular formula is C24H20ClNO2. The molecular weight excluding hydrogens is 370 g/mol. The van der Waals surface area contributed by atoms with Crippen LogP contribution in [-0.2, 0) is 17.8 Å². The van der Waals surface area contributed by atoms with Crippen LogP contribution in [0.4, 0.5) is 5.69 Å². The lowest BCUT2D eigenvalue weighted by atomic mass is 10.0.